The van der Waals surface area contributed by atoms with Gasteiger partial charge >= 0.3 is 0 Å². The van der Waals surface area contributed by atoms with E-state index in [4.69, 9.17) is 0 Å². The number of hydrogen-bond acceptors (Lipinski definition) is 2. The molecule has 1 saturated heterocycles. The average Bonchev–Trinajstić information content (AvgIpc) is 2.10. The Morgan fingerprint density at radius 1 is 1.00 bits per heavy atom. The molecule has 14 heavy (non-hydrogen) atoms. The molecule has 0 aromatic rings. The topological polar surface area (TPSA) is 6.48 Å². The van der Waals surface area contributed by atoms with Crippen LogP contribution in [0.25, 0.3) is 0 Å². The van der Waals surface area contributed by atoms with E-state index in [1.54, 1.807) is 0 Å². The fourth-order valence-corrected chi connectivity index (χ4v) is 2.48. The first-order valence-electron chi connectivity index (χ1n) is 6.07. The second kappa shape index (κ2) is 5.13. The Kier molecular flexibility index (Phi) is 4.39. The summed E-state index contributed by atoms with van der Waals surface area (Å²) in [7, 11) is 0. The van der Waals surface area contributed by atoms with Gasteiger partial charge in [-0.15, -0.1) is 0 Å². The smallest absolute Gasteiger partial charge is 0.0280 e. The minimum absolute atomic E-state index is 0.378. The minimum Gasteiger partial charge on any atom is -0.300 e. The van der Waals surface area contributed by atoms with E-state index in [0.717, 1.165) is 0 Å². The van der Waals surface area contributed by atoms with Gasteiger partial charge in [0.05, 0.1) is 0 Å². The molecule has 1 aliphatic heterocycles. The largest absolute Gasteiger partial charge is 0.300 e. The number of rotatable bonds is 4. The molecule has 2 nitrogen and oxygen atoms in total. The molecule has 0 saturated carbocycles. The zero-order chi connectivity index (χ0) is 10.6. The molecule has 0 unspecified atom stereocenters. The van der Waals surface area contributed by atoms with Crippen molar-refractivity contribution in [3.63, 3.8) is 0 Å². The highest BCUT2D eigenvalue weighted by atomic mass is 15.3. The standard InChI is InChI=1S/C12H26N2/c1-5-7-13-9-10-14(8-6-2)12(3,4)11-13/h5-11H2,1-4H3. The fraction of sp³-hybridized carbons (Fsp3) is 1.00. The molecule has 1 aliphatic rings. The molecule has 0 amide bonds. The van der Waals surface area contributed by atoms with Crippen molar-refractivity contribution in [2.24, 2.45) is 0 Å². The minimum atomic E-state index is 0.378. The monoisotopic (exact) mass is 198 g/mol. The first kappa shape index (κ1) is 12.0. The summed E-state index contributed by atoms with van der Waals surface area (Å²) < 4.78 is 0. The van der Waals surface area contributed by atoms with Crippen molar-refractivity contribution in [2.75, 3.05) is 32.7 Å². The van der Waals surface area contributed by atoms with Gasteiger partial charge in [0.15, 0.2) is 0 Å². The zero-order valence-corrected chi connectivity index (χ0v) is 10.3. The van der Waals surface area contributed by atoms with Crippen LogP contribution in [0.3, 0.4) is 0 Å². The van der Waals surface area contributed by atoms with Crippen molar-refractivity contribution in [3.8, 4) is 0 Å². The molecule has 0 aromatic carbocycles. The summed E-state index contributed by atoms with van der Waals surface area (Å²) >= 11 is 0. The molecule has 1 fully saturated rings. The maximum absolute atomic E-state index is 2.64. The quantitative estimate of drug-likeness (QED) is 0.683. The normalized spacial score (nSPS) is 24.0. The molecule has 1 heterocycles. The molecule has 2 heteroatoms. The summed E-state index contributed by atoms with van der Waals surface area (Å²) in [6.45, 7) is 15.6. The number of piperazine rings is 1. The molecule has 0 aliphatic carbocycles. The molecular formula is C12H26N2. The summed E-state index contributed by atoms with van der Waals surface area (Å²) in [5, 5.41) is 0. The van der Waals surface area contributed by atoms with Crippen LogP contribution in [0.2, 0.25) is 0 Å². The molecule has 84 valence electrons. The SMILES string of the molecule is CCCN1CCN(CCC)C(C)(C)C1. The van der Waals surface area contributed by atoms with Gasteiger partial charge < -0.3 is 4.90 Å². The maximum Gasteiger partial charge on any atom is 0.0280 e. The molecular weight excluding hydrogens is 172 g/mol. The lowest BCUT2D eigenvalue weighted by atomic mass is 9.98. The van der Waals surface area contributed by atoms with Crippen LogP contribution in [0.1, 0.15) is 40.5 Å². The number of hydrogen-bond donors (Lipinski definition) is 0. The van der Waals surface area contributed by atoms with Crippen LogP contribution in [-0.4, -0.2) is 48.1 Å². The van der Waals surface area contributed by atoms with Crippen LogP contribution in [0.4, 0.5) is 0 Å². The van der Waals surface area contributed by atoms with Crippen molar-refractivity contribution in [2.45, 2.75) is 46.1 Å². The molecule has 0 radical (unpaired) electrons. The van der Waals surface area contributed by atoms with Gasteiger partial charge in [0.2, 0.25) is 0 Å². The predicted molar refractivity (Wildman–Crippen MR) is 62.7 cm³/mol. The summed E-state index contributed by atoms with van der Waals surface area (Å²) in [6.07, 6.45) is 2.56. The lowest BCUT2D eigenvalue weighted by Gasteiger charge is -2.47. The van der Waals surface area contributed by atoms with E-state index in [1.807, 2.05) is 0 Å². The van der Waals surface area contributed by atoms with E-state index >= 15 is 0 Å². The van der Waals surface area contributed by atoms with E-state index in [9.17, 15) is 0 Å². The third-order valence-corrected chi connectivity index (χ3v) is 3.19. The van der Waals surface area contributed by atoms with Crippen LogP contribution in [-0.2, 0) is 0 Å². The summed E-state index contributed by atoms with van der Waals surface area (Å²) in [5.74, 6) is 0. The van der Waals surface area contributed by atoms with E-state index in [2.05, 4.69) is 37.5 Å². The highest BCUT2D eigenvalue weighted by Gasteiger charge is 2.32. The first-order valence-corrected chi connectivity index (χ1v) is 6.07. The van der Waals surface area contributed by atoms with Gasteiger partial charge in [-0.05, 0) is 39.8 Å². The predicted octanol–water partition coefficient (Wildman–Crippen LogP) is 2.20. The van der Waals surface area contributed by atoms with E-state index < -0.39 is 0 Å². The Bertz CT molecular complexity index is 166. The lowest BCUT2D eigenvalue weighted by molar-refractivity contribution is 0.0201. The van der Waals surface area contributed by atoms with Crippen LogP contribution < -0.4 is 0 Å². The summed E-state index contributed by atoms with van der Waals surface area (Å²) in [6, 6.07) is 0. The molecule has 1 rings (SSSR count). The van der Waals surface area contributed by atoms with Gasteiger partial charge in [-0.25, -0.2) is 0 Å². The van der Waals surface area contributed by atoms with Gasteiger partial charge in [-0.1, -0.05) is 13.8 Å². The van der Waals surface area contributed by atoms with E-state index in [-0.39, 0.29) is 0 Å². The van der Waals surface area contributed by atoms with Crippen LogP contribution in [0.5, 0.6) is 0 Å². The van der Waals surface area contributed by atoms with Crippen molar-refractivity contribution >= 4 is 0 Å². The van der Waals surface area contributed by atoms with Crippen molar-refractivity contribution in [1.82, 2.24) is 9.80 Å². The van der Waals surface area contributed by atoms with Gasteiger partial charge in [0, 0.05) is 25.2 Å². The summed E-state index contributed by atoms with van der Waals surface area (Å²) in [5.41, 5.74) is 0.378. The van der Waals surface area contributed by atoms with Crippen molar-refractivity contribution in [3.05, 3.63) is 0 Å². The Hall–Kier alpha value is -0.0800. The van der Waals surface area contributed by atoms with Gasteiger partial charge in [0.1, 0.15) is 0 Å². The summed E-state index contributed by atoms with van der Waals surface area (Å²) in [4.78, 5) is 5.24. The van der Waals surface area contributed by atoms with Crippen molar-refractivity contribution < 1.29 is 0 Å². The van der Waals surface area contributed by atoms with Crippen LogP contribution in [0.15, 0.2) is 0 Å². The Morgan fingerprint density at radius 3 is 2.14 bits per heavy atom. The second-order valence-corrected chi connectivity index (χ2v) is 5.08. The Morgan fingerprint density at radius 2 is 1.64 bits per heavy atom. The second-order valence-electron chi connectivity index (χ2n) is 5.08. The maximum atomic E-state index is 2.64. The van der Waals surface area contributed by atoms with Gasteiger partial charge in [-0.2, -0.15) is 0 Å². The highest BCUT2D eigenvalue weighted by molar-refractivity contribution is 4.89. The van der Waals surface area contributed by atoms with E-state index in [1.165, 1.54) is 45.6 Å². The van der Waals surface area contributed by atoms with Crippen LogP contribution >= 0.6 is 0 Å². The molecule has 0 aromatic heterocycles. The Labute approximate surface area is 89.3 Å². The fourth-order valence-electron chi connectivity index (χ4n) is 2.48. The molecule has 0 atom stereocenters. The number of nitrogens with zero attached hydrogens (tertiary/aromatic N) is 2. The van der Waals surface area contributed by atoms with Gasteiger partial charge in [0.25, 0.3) is 0 Å². The Balaban J connectivity index is 2.47. The highest BCUT2D eigenvalue weighted by Crippen LogP contribution is 2.20. The molecule has 0 spiro atoms. The van der Waals surface area contributed by atoms with Crippen molar-refractivity contribution in [1.29, 1.82) is 0 Å². The van der Waals surface area contributed by atoms with Crippen LogP contribution in [0, 0.1) is 0 Å². The lowest BCUT2D eigenvalue weighted by Crippen LogP contribution is -2.59. The zero-order valence-electron chi connectivity index (χ0n) is 10.3. The molecule has 0 bridgehead atoms. The van der Waals surface area contributed by atoms with Gasteiger partial charge in [-0.3, -0.25) is 4.90 Å². The third-order valence-electron chi connectivity index (χ3n) is 3.19. The average molecular weight is 198 g/mol. The first-order chi connectivity index (χ1) is 6.60. The molecule has 0 N–H and O–H groups in total. The van der Waals surface area contributed by atoms with E-state index in [0.29, 0.717) is 5.54 Å². The third kappa shape index (κ3) is 2.96.